The Morgan fingerprint density at radius 1 is 1.12 bits per heavy atom. The average molecular weight is 347 g/mol. The van der Waals surface area contributed by atoms with Gasteiger partial charge in [0.05, 0.1) is 5.92 Å². The Bertz CT molecular complexity index is 807. The molecular formula is C18H15F2NO4. The molecule has 2 aromatic carbocycles. The van der Waals surface area contributed by atoms with Crippen LogP contribution >= 0.6 is 0 Å². The Balaban J connectivity index is 1.68. The number of amides is 1. The molecule has 0 aliphatic carbocycles. The second-order valence-corrected chi connectivity index (χ2v) is 5.78. The quantitative estimate of drug-likeness (QED) is 0.921. The molecule has 7 heteroatoms. The monoisotopic (exact) mass is 347 g/mol. The summed E-state index contributed by atoms with van der Waals surface area (Å²) in [4.78, 5) is 24.8. The number of aliphatic carboxylic acids is 1. The van der Waals surface area contributed by atoms with Crippen molar-refractivity contribution >= 4 is 11.9 Å². The van der Waals surface area contributed by atoms with Crippen molar-refractivity contribution in [3.05, 3.63) is 59.7 Å². The van der Waals surface area contributed by atoms with E-state index < -0.39 is 23.5 Å². The summed E-state index contributed by atoms with van der Waals surface area (Å²) < 4.78 is 31.8. The van der Waals surface area contributed by atoms with Crippen molar-refractivity contribution in [3.63, 3.8) is 0 Å². The van der Waals surface area contributed by atoms with Gasteiger partial charge in [-0.05, 0) is 42.8 Å². The zero-order valence-electron chi connectivity index (χ0n) is 13.1. The van der Waals surface area contributed by atoms with E-state index in [0.717, 1.165) is 12.1 Å². The summed E-state index contributed by atoms with van der Waals surface area (Å²) in [5.74, 6) is -3.04. The van der Waals surface area contributed by atoms with E-state index in [0.29, 0.717) is 24.3 Å². The van der Waals surface area contributed by atoms with E-state index in [4.69, 9.17) is 9.84 Å². The van der Waals surface area contributed by atoms with Gasteiger partial charge < -0.3 is 14.7 Å². The van der Waals surface area contributed by atoms with Gasteiger partial charge in [-0.1, -0.05) is 0 Å². The van der Waals surface area contributed by atoms with Crippen molar-refractivity contribution in [2.75, 3.05) is 13.1 Å². The lowest BCUT2D eigenvalue weighted by Crippen LogP contribution is -2.29. The van der Waals surface area contributed by atoms with Crippen molar-refractivity contribution in [1.29, 1.82) is 0 Å². The van der Waals surface area contributed by atoms with Gasteiger partial charge in [-0.2, -0.15) is 0 Å². The molecule has 25 heavy (non-hydrogen) atoms. The molecule has 1 heterocycles. The van der Waals surface area contributed by atoms with Crippen LogP contribution in [-0.2, 0) is 4.79 Å². The maximum Gasteiger partial charge on any atom is 0.308 e. The molecule has 1 amide bonds. The number of carbonyl (C=O) groups is 2. The maximum absolute atomic E-state index is 13.6. The van der Waals surface area contributed by atoms with E-state index in [1.165, 1.54) is 35.2 Å². The topological polar surface area (TPSA) is 66.8 Å². The van der Waals surface area contributed by atoms with Crippen LogP contribution in [0.2, 0.25) is 0 Å². The Hall–Kier alpha value is -2.96. The minimum absolute atomic E-state index is 0.121. The molecule has 1 atom stereocenters. The minimum atomic E-state index is -0.902. The molecule has 0 saturated carbocycles. The molecule has 130 valence electrons. The fraction of sp³-hybridized carbons (Fsp3) is 0.222. The number of nitrogens with zero attached hydrogens (tertiary/aromatic N) is 1. The molecule has 0 bridgehead atoms. The number of rotatable bonds is 4. The summed E-state index contributed by atoms with van der Waals surface area (Å²) in [5.41, 5.74) is 0.387. The first-order chi connectivity index (χ1) is 11.9. The standard InChI is InChI=1S/C18H15F2NO4/c19-13-3-6-16(15(20)9-13)25-14-4-1-11(2-5-14)17(22)21-8-7-12(10-21)18(23)24/h1-6,9,12H,7-8,10H2,(H,23,24)/t12-/m1/s1. The van der Waals surface area contributed by atoms with Gasteiger partial charge in [-0.25, -0.2) is 8.78 Å². The van der Waals surface area contributed by atoms with Gasteiger partial charge in [-0.15, -0.1) is 0 Å². The summed E-state index contributed by atoms with van der Waals surface area (Å²) in [5, 5.41) is 8.99. The summed E-state index contributed by atoms with van der Waals surface area (Å²) in [6.07, 6.45) is 0.437. The van der Waals surface area contributed by atoms with E-state index in [-0.39, 0.29) is 18.2 Å². The Labute approximate surface area is 142 Å². The third-order valence-electron chi connectivity index (χ3n) is 4.05. The number of halogens is 2. The van der Waals surface area contributed by atoms with Crippen molar-refractivity contribution in [3.8, 4) is 11.5 Å². The van der Waals surface area contributed by atoms with Crippen LogP contribution in [0.15, 0.2) is 42.5 Å². The molecule has 0 aromatic heterocycles. The number of hydrogen-bond acceptors (Lipinski definition) is 3. The number of carboxylic acids is 1. The lowest BCUT2D eigenvalue weighted by atomic mass is 10.1. The predicted molar refractivity (Wildman–Crippen MR) is 84.5 cm³/mol. The third-order valence-corrected chi connectivity index (χ3v) is 4.05. The zero-order chi connectivity index (χ0) is 18.0. The Morgan fingerprint density at radius 3 is 2.44 bits per heavy atom. The first kappa shape index (κ1) is 16.9. The van der Waals surface area contributed by atoms with Crippen LogP contribution in [0.1, 0.15) is 16.8 Å². The lowest BCUT2D eigenvalue weighted by molar-refractivity contribution is -0.141. The van der Waals surface area contributed by atoms with Gasteiger partial charge in [0.15, 0.2) is 11.6 Å². The van der Waals surface area contributed by atoms with Crippen LogP contribution in [0.3, 0.4) is 0 Å². The number of carboxylic acid groups (broad SMARTS) is 1. The van der Waals surface area contributed by atoms with E-state index in [1.807, 2.05) is 0 Å². The smallest absolute Gasteiger partial charge is 0.308 e. The van der Waals surface area contributed by atoms with Gasteiger partial charge in [0.25, 0.3) is 5.91 Å². The predicted octanol–water partition coefficient (Wildman–Crippen LogP) is 3.30. The second-order valence-electron chi connectivity index (χ2n) is 5.78. The molecule has 1 aliphatic heterocycles. The van der Waals surface area contributed by atoms with Crippen molar-refractivity contribution in [2.45, 2.75) is 6.42 Å². The van der Waals surface area contributed by atoms with Crippen LogP contribution in [0.4, 0.5) is 8.78 Å². The summed E-state index contributed by atoms with van der Waals surface area (Å²) >= 11 is 0. The first-order valence-electron chi connectivity index (χ1n) is 7.69. The molecule has 5 nitrogen and oxygen atoms in total. The first-order valence-corrected chi connectivity index (χ1v) is 7.69. The lowest BCUT2D eigenvalue weighted by Gasteiger charge is -2.16. The van der Waals surface area contributed by atoms with E-state index >= 15 is 0 Å². The Kier molecular flexibility index (Phi) is 4.65. The highest BCUT2D eigenvalue weighted by Gasteiger charge is 2.31. The van der Waals surface area contributed by atoms with Crippen LogP contribution in [0, 0.1) is 17.6 Å². The number of carbonyl (C=O) groups excluding carboxylic acids is 1. The molecule has 1 N–H and O–H groups in total. The SMILES string of the molecule is O=C(O)[C@@H]1CCN(C(=O)c2ccc(Oc3ccc(F)cc3F)cc2)C1. The van der Waals surface area contributed by atoms with Gasteiger partial charge in [0.2, 0.25) is 0 Å². The fourth-order valence-corrected chi connectivity index (χ4v) is 2.68. The molecule has 0 radical (unpaired) electrons. The van der Waals surface area contributed by atoms with Crippen LogP contribution in [0.5, 0.6) is 11.5 Å². The van der Waals surface area contributed by atoms with Crippen molar-refractivity contribution in [1.82, 2.24) is 4.90 Å². The summed E-state index contributed by atoms with van der Waals surface area (Å²) in [6.45, 7) is 0.585. The van der Waals surface area contributed by atoms with Gasteiger partial charge in [0, 0.05) is 24.7 Å². The fourth-order valence-electron chi connectivity index (χ4n) is 2.68. The molecule has 3 rings (SSSR count). The zero-order valence-corrected chi connectivity index (χ0v) is 13.1. The number of hydrogen-bond donors (Lipinski definition) is 1. The highest BCUT2D eigenvalue weighted by atomic mass is 19.1. The molecular weight excluding hydrogens is 332 g/mol. The van der Waals surface area contributed by atoms with Gasteiger partial charge in [0.1, 0.15) is 11.6 Å². The molecule has 0 unspecified atom stereocenters. The van der Waals surface area contributed by atoms with Crippen molar-refractivity contribution < 1.29 is 28.2 Å². The highest BCUT2D eigenvalue weighted by Crippen LogP contribution is 2.26. The van der Waals surface area contributed by atoms with E-state index in [2.05, 4.69) is 0 Å². The largest absolute Gasteiger partial charge is 0.481 e. The molecule has 0 spiro atoms. The maximum atomic E-state index is 13.6. The van der Waals surface area contributed by atoms with Crippen LogP contribution in [-0.4, -0.2) is 35.0 Å². The normalized spacial score (nSPS) is 16.7. The molecule has 1 fully saturated rings. The van der Waals surface area contributed by atoms with E-state index in [1.54, 1.807) is 0 Å². The summed E-state index contributed by atoms with van der Waals surface area (Å²) in [6, 6.07) is 9.03. The number of benzene rings is 2. The van der Waals surface area contributed by atoms with Gasteiger partial charge in [-0.3, -0.25) is 9.59 Å². The Morgan fingerprint density at radius 2 is 1.84 bits per heavy atom. The molecule has 1 saturated heterocycles. The minimum Gasteiger partial charge on any atom is -0.481 e. The van der Waals surface area contributed by atoms with Crippen LogP contribution in [0.25, 0.3) is 0 Å². The summed E-state index contributed by atoms with van der Waals surface area (Å²) in [7, 11) is 0. The highest BCUT2D eigenvalue weighted by molar-refractivity contribution is 5.95. The average Bonchev–Trinajstić information content (AvgIpc) is 3.08. The molecule has 2 aromatic rings. The number of ether oxygens (including phenoxy) is 1. The van der Waals surface area contributed by atoms with Gasteiger partial charge >= 0.3 is 5.97 Å². The van der Waals surface area contributed by atoms with E-state index in [9.17, 15) is 18.4 Å². The van der Waals surface area contributed by atoms with Crippen molar-refractivity contribution in [2.24, 2.45) is 5.92 Å². The number of likely N-dealkylation sites (tertiary alicyclic amines) is 1. The third kappa shape index (κ3) is 3.76. The van der Waals surface area contributed by atoms with Crippen LogP contribution < -0.4 is 4.74 Å². The second kappa shape index (κ2) is 6.88. The molecule has 1 aliphatic rings.